The summed E-state index contributed by atoms with van der Waals surface area (Å²) >= 11 is 0. The summed E-state index contributed by atoms with van der Waals surface area (Å²) in [6.45, 7) is -0.0552. The molecule has 0 unspecified atom stereocenters. The minimum Gasteiger partial charge on any atom is -0.284 e. The molecule has 3 aromatic heterocycles. The maximum atomic E-state index is 13.3. The minimum atomic E-state index is -0.914. The van der Waals surface area contributed by atoms with Crippen molar-refractivity contribution in [1.82, 2.24) is 23.9 Å². The summed E-state index contributed by atoms with van der Waals surface area (Å²) in [6.07, 6.45) is 11.9. The quantitative estimate of drug-likeness (QED) is 0.455. The summed E-state index contributed by atoms with van der Waals surface area (Å²) < 4.78 is 3.93. The molecular formula is C20H20N6O4. The molecule has 1 saturated carbocycles. The van der Waals surface area contributed by atoms with Crippen LogP contribution in [0.4, 0.5) is 5.69 Å². The Hall–Kier alpha value is -3.82. The summed E-state index contributed by atoms with van der Waals surface area (Å²) in [5, 5.41) is 15.9. The Morgan fingerprint density at radius 1 is 1.23 bits per heavy atom. The molecule has 0 spiro atoms. The molecule has 3 aromatic rings. The maximum Gasteiger partial charge on any atom is 0.357 e. The Morgan fingerprint density at radius 3 is 2.53 bits per heavy atom. The molecule has 3 heterocycles. The molecule has 10 nitrogen and oxygen atoms in total. The van der Waals surface area contributed by atoms with Crippen LogP contribution in [0.3, 0.4) is 0 Å². The van der Waals surface area contributed by atoms with Gasteiger partial charge in [-0.1, -0.05) is 0 Å². The summed E-state index contributed by atoms with van der Waals surface area (Å²) in [4.78, 5) is 41.4. The third-order valence-corrected chi connectivity index (χ3v) is 5.26. The molecule has 0 aliphatic heterocycles. The molecule has 0 N–H and O–H groups in total. The van der Waals surface area contributed by atoms with Gasteiger partial charge in [0.2, 0.25) is 0 Å². The van der Waals surface area contributed by atoms with Crippen LogP contribution < -0.4 is 11.2 Å². The molecule has 1 aliphatic rings. The van der Waals surface area contributed by atoms with Gasteiger partial charge in [0, 0.05) is 37.2 Å². The molecule has 1 aliphatic carbocycles. The molecule has 0 bridgehead atoms. The number of aromatic nitrogens is 5. The molecule has 30 heavy (non-hydrogen) atoms. The Bertz CT molecular complexity index is 1230. The van der Waals surface area contributed by atoms with Gasteiger partial charge >= 0.3 is 16.9 Å². The van der Waals surface area contributed by atoms with E-state index in [0.29, 0.717) is 11.1 Å². The SMILES string of the molecule is Cn1cc(/C=C/c2c([N+](=O)[O-])c(=O)n(Cc3ccncc3)c(=O)n2C2CCC2)cn1. The highest BCUT2D eigenvalue weighted by atomic mass is 16.6. The van der Waals surface area contributed by atoms with Crippen LogP contribution in [-0.2, 0) is 13.6 Å². The molecule has 0 amide bonds. The lowest BCUT2D eigenvalue weighted by molar-refractivity contribution is -0.387. The zero-order valence-corrected chi connectivity index (χ0v) is 16.3. The Kier molecular flexibility index (Phi) is 5.13. The Morgan fingerprint density at radius 2 is 1.97 bits per heavy atom. The molecule has 0 atom stereocenters. The van der Waals surface area contributed by atoms with Crippen molar-refractivity contribution >= 4 is 17.8 Å². The predicted molar refractivity (Wildman–Crippen MR) is 110 cm³/mol. The van der Waals surface area contributed by atoms with Crippen molar-refractivity contribution in [2.24, 2.45) is 7.05 Å². The molecule has 0 radical (unpaired) electrons. The van der Waals surface area contributed by atoms with Gasteiger partial charge in [0.1, 0.15) is 5.69 Å². The van der Waals surface area contributed by atoms with E-state index >= 15 is 0 Å². The molecule has 4 rings (SSSR count). The second-order valence-corrected chi connectivity index (χ2v) is 7.26. The number of pyridine rings is 1. The van der Waals surface area contributed by atoms with Crippen LogP contribution in [0.15, 0.2) is 46.5 Å². The van der Waals surface area contributed by atoms with E-state index in [9.17, 15) is 19.7 Å². The van der Waals surface area contributed by atoms with E-state index in [4.69, 9.17) is 0 Å². The van der Waals surface area contributed by atoms with E-state index in [2.05, 4.69) is 10.1 Å². The fraction of sp³-hybridized carbons (Fsp3) is 0.300. The van der Waals surface area contributed by atoms with Crippen molar-refractivity contribution < 1.29 is 4.92 Å². The molecule has 154 valence electrons. The van der Waals surface area contributed by atoms with Crippen molar-refractivity contribution in [2.45, 2.75) is 31.8 Å². The highest BCUT2D eigenvalue weighted by molar-refractivity contribution is 5.71. The standard InChI is InChI=1S/C20H20N6O4/c1-23-12-15(11-22-23)5-6-17-18(26(29)30)19(27)24(13-14-7-9-21-10-8-14)20(28)25(17)16-3-2-4-16/h5-12,16H,2-4,13H2,1H3/b6-5+. The van der Waals surface area contributed by atoms with Crippen molar-refractivity contribution in [3.8, 4) is 0 Å². The van der Waals surface area contributed by atoms with Crippen LogP contribution in [-0.4, -0.2) is 28.8 Å². The van der Waals surface area contributed by atoms with E-state index < -0.39 is 21.9 Å². The first kappa shape index (κ1) is 19.5. The fourth-order valence-corrected chi connectivity index (χ4v) is 3.51. The lowest BCUT2D eigenvalue weighted by Crippen LogP contribution is -2.44. The number of rotatable bonds is 6. The van der Waals surface area contributed by atoms with Crippen molar-refractivity contribution in [2.75, 3.05) is 0 Å². The van der Waals surface area contributed by atoms with Gasteiger partial charge in [0.15, 0.2) is 0 Å². The highest BCUT2D eigenvalue weighted by Crippen LogP contribution is 2.33. The van der Waals surface area contributed by atoms with Crippen molar-refractivity contribution in [1.29, 1.82) is 0 Å². The largest absolute Gasteiger partial charge is 0.357 e. The van der Waals surface area contributed by atoms with Gasteiger partial charge in [-0.3, -0.25) is 29.1 Å². The number of nitrogens with zero attached hydrogens (tertiary/aromatic N) is 6. The molecule has 10 heteroatoms. The van der Waals surface area contributed by atoms with Crippen LogP contribution in [0, 0.1) is 10.1 Å². The number of hydrogen-bond donors (Lipinski definition) is 0. The molecule has 0 aromatic carbocycles. The first-order valence-corrected chi connectivity index (χ1v) is 9.55. The summed E-state index contributed by atoms with van der Waals surface area (Å²) in [7, 11) is 1.75. The maximum absolute atomic E-state index is 13.3. The van der Waals surface area contributed by atoms with Crippen molar-refractivity contribution in [3.05, 3.63) is 84.7 Å². The summed E-state index contributed by atoms with van der Waals surface area (Å²) in [6, 6.07) is 3.16. The Labute approximate surface area is 170 Å². The van der Waals surface area contributed by atoms with Gasteiger partial charge in [-0.05, 0) is 49.1 Å². The lowest BCUT2D eigenvalue weighted by atomic mass is 9.92. The molecule has 0 saturated heterocycles. The molecule has 1 fully saturated rings. The monoisotopic (exact) mass is 408 g/mol. The first-order valence-electron chi connectivity index (χ1n) is 9.55. The van der Waals surface area contributed by atoms with Gasteiger partial charge in [-0.25, -0.2) is 9.36 Å². The number of nitro groups is 1. The van der Waals surface area contributed by atoms with Gasteiger partial charge in [-0.2, -0.15) is 5.10 Å². The summed E-state index contributed by atoms with van der Waals surface area (Å²) in [5.74, 6) is 0. The van der Waals surface area contributed by atoms with Crippen LogP contribution in [0.25, 0.3) is 12.2 Å². The van der Waals surface area contributed by atoms with Gasteiger partial charge < -0.3 is 0 Å². The average Bonchev–Trinajstić information content (AvgIpc) is 3.10. The zero-order valence-electron chi connectivity index (χ0n) is 16.3. The third-order valence-electron chi connectivity index (χ3n) is 5.26. The van der Waals surface area contributed by atoms with Crippen LogP contribution in [0.5, 0.6) is 0 Å². The lowest BCUT2D eigenvalue weighted by Gasteiger charge is -2.29. The first-order chi connectivity index (χ1) is 14.5. The zero-order chi connectivity index (χ0) is 21.3. The highest BCUT2D eigenvalue weighted by Gasteiger charge is 2.31. The third kappa shape index (κ3) is 3.59. The topological polar surface area (TPSA) is 118 Å². The second kappa shape index (κ2) is 7.90. The van der Waals surface area contributed by atoms with E-state index in [1.807, 2.05) is 0 Å². The summed E-state index contributed by atoms with van der Waals surface area (Å²) in [5.41, 5.74) is -0.663. The average molecular weight is 408 g/mol. The van der Waals surface area contributed by atoms with Gasteiger partial charge in [0.05, 0.1) is 17.7 Å². The van der Waals surface area contributed by atoms with Gasteiger partial charge in [-0.15, -0.1) is 0 Å². The normalized spacial score (nSPS) is 14.2. The molecular weight excluding hydrogens is 388 g/mol. The van der Waals surface area contributed by atoms with E-state index in [0.717, 1.165) is 23.8 Å². The predicted octanol–water partition coefficient (Wildman–Crippen LogP) is 1.99. The van der Waals surface area contributed by atoms with Gasteiger partial charge in [0.25, 0.3) is 0 Å². The smallest absolute Gasteiger partial charge is 0.284 e. The van der Waals surface area contributed by atoms with E-state index in [1.165, 1.54) is 10.6 Å². The Balaban J connectivity index is 1.92. The van der Waals surface area contributed by atoms with Crippen LogP contribution in [0.1, 0.15) is 42.1 Å². The number of hydrogen-bond acceptors (Lipinski definition) is 6. The fourth-order valence-electron chi connectivity index (χ4n) is 3.51. The van der Waals surface area contributed by atoms with E-state index in [-0.39, 0.29) is 18.3 Å². The van der Waals surface area contributed by atoms with Crippen LogP contribution in [0.2, 0.25) is 0 Å². The second-order valence-electron chi connectivity index (χ2n) is 7.26. The van der Waals surface area contributed by atoms with Crippen LogP contribution >= 0.6 is 0 Å². The minimum absolute atomic E-state index is 0.0227. The van der Waals surface area contributed by atoms with Crippen molar-refractivity contribution in [3.63, 3.8) is 0 Å². The number of aryl methyl sites for hydroxylation is 1. The van der Waals surface area contributed by atoms with E-state index in [1.54, 1.807) is 54.7 Å².